The predicted molar refractivity (Wildman–Crippen MR) is 69.5 cm³/mol. The molecule has 0 unspecified atom stereocenters. The summed E-state index contributed by atoms with van der Waals surface area (Å²) < 4.78 is 0.992. The minimum Gasteiger partial charge on any atom is -0.384 e. The van der Waals surface area contributed by atoms with Crippen molar-refractivity contribution in [2.75, 3.05) is 17.7 Å². The molecule has 0 atom stereocenters. The number of hydrogen-bond donors (Lipinski definition) is 1. The maximum atomic E-state index is 5.75. The van der Waals surface area contributed by atoms with Crippen LogP contribution in [0, 0.1) is 5.41 Å². The lowest BCUT2D eigenvalue weighted by Crippen LogP contribution is -2.23. The Morgan fingerprint density at radius 3 is 2.87 bits per heavy atom. The fourth-order valence-electron chi connectivity index (χ4n) is 1.20. The molecule has 15 heavy (non-hydrogen) atoms. The standard InChI is InChI=1S/C11H16BrClN2/c1-11(2,4-5-13)8-15-10-3-6-14-7-9(10)12/h3,6-7H,4-5,8H2,1-2H3,(H,14,15). The van der Waals surface area contributed by atoms with Gasteiger partial charge in [-0.1, -0.05) is 13.8 Å². The molecule has 1 rings (SSSR count). The third kappa shape index (κ3) is 4.39. The van der Waals surface area contributed by atoms with Gasteiger partial charge in [-0.3, -0.25) is 4.98 Å². The Bertz CT molecular complexity index is 315. The van der Waals surface area contributed by atoms with E-state index in [0.717, 1.165) is 23.1 Å². The van der Waals surface area contributed by atoms with Crippen molar-refractivity contribution in [2.45, 2.75) is 20.3 Å². The summed E-state index contributed by atoms with van der Waals surface area (Å²) in [7, 11) is 0. The summed E-state index contributed by atoms with van der Waals surface area (Å²) in [5, 5.41) is 3.39. The fraction of sp³-hybridized carbons (Fsp3) is 0.545. The van der Waals surface area contributed by atoms with E-state index in [1.54, 1.807) is 12.4 Å². The van der Waals surface area contributed by atoms with Crippen LogP contribution >= 0.6 is 27.5 Å². The van der Waals surface area contributed by atoms with E-state index in [2.05, 4.69) is 40.1 Å². The number of nitrogens with zero attached hydrogens (tertiary/aromatic N) is 1. The molecule has 0 aliphatic carbocycles. The van der Waals surface area contributed by atoms with Crippen LogP contribution in [0.1, 0.15) is 20.3 Å². The number of pyridine rings is 1. The van der Waals surface area contributed by atoms with Crippen molar-refractivity contribution in [3.63, 3.8) is 0 Å². The van der Waals surface area contributed by atoms with Gasteiger partial charge >= 0.3 is 0 Å². The molecule has 0 amide bonds. The number of rotatable bonds is 5. The van der Waals surface area contributed by atoms with Gasteiger partial charge in [-0.25, -0.2) is 0 Å². The van der Waals surface area contributed by atoms with Gasteiger partial charge < -0.3 is 5.32 Å². The Morgan fingerprint density at radius 1 is 1.53 bits per heavy atom. The van der Waals surface area contributed by atoms with E-state index < -0.39 is 0 Å². The molecule has 0 bridgehead atoms. The summed E-state index contributed by atoms with van der Waals surface area (Å²) in [5.41, 5.74) is 1.29. The van der Waals surface area contributed by atoms with Crippen LogP contribution in [0.25, 0.3) is 0 Å². The van der Waals surface area contributed by atoms with Gasteiger partial charge in [-0.05, 0) is 33.8 Å². The van der Waals surface area contributed by atoms with Gasteiger partial charge in [0.25, 0.3) is 0 Å². The first-order valence-corrected chi connectivity index (χ1v) is 6.27. The molecule has 1 heterocycles. The molecule has 1 aromatic rings. The van der Waals surface area contributed by atoms with Crippen molar-refractivity contribution in [1.82, 2.24) is 4.98 Å². The number of hydrogen-bond acceptors (Lipinski definition) is 2. The zero-order valence-corrected chi connectivity index (χ0v) is 11.4. The third-order valence-electron chi connectivity index (χ3n) is 2.30. The summed E-state index contributed by atoms with van der Waals surface area (Å²) in [6, 6.07) is 1.96. The normalized spacial score (nSPS) is 11.5. The van der Waals surface area contributed by atoms with E-state index in [0.29, 0.717) is 5.88 Å². The van der Waals surface area contributed by atoms with E-state index in [4.69, 9.17) is 11.6 Å². The molecular formula is C11H16BrClN2. The molecular weight excluding hydrogens is 275 g/mol. The molecule has 0 fully saturated rings. The van der Waals surface area contributed by atoms with Crippen LogP contribution in [0.3, 0.4) is 0 Å². The smallest absolute Gasteiger partial charge is 0.0590 e. The first kappa shape index (κ1) is 12.8. The number of anilines is 1. The molecule has 0 saturated carbocycles. The number of alkyl halides is 1. The second-order valence-electron chi connectivity index (χ2n) is 4.31. The second-order valence-corrected chi connectivity index (χ2v) is 5.54. The minimum atomic E-state index is 0.213. The van der Waals surface area contributed by atoms with Crippen molar-refractivity contribution in [1.29, 1.82) is 0 Å². The summed E-state index contributed by atoms with van der Waals surface area (Å²) in [6.07, 6.45) is 4.57. The first-order chi connectivity index (χ1) is 7.05. The van der Waals surface area contributed by atoms with Gasteiger partial charge in [-0.15, -0.1) is 11.6 Å². The van der Waals surface area contributed by atoms with Gasteiger partial charge in [0.2, 0.25) is 0 Å². The molecule has 0 radical (unpaired) electrons. The third-order valence-corrected chi connectivity index (χ3v) is 3.12. The zero-order chi connectivity index (χ0) is 11.3. The lowest BCUT2D eigenvalue weighted by atomic mass is 9.90. The average Bonchev–Trinajstić information content (AvgIpc) is 2.16. The molecule has 0 spiro atoms. The van der Waals surface area contributed by atoms with Gasteiger partial charge in [0, 0.05) is 24.8 Å². The summed E-state index contributed by atoms with van der Waals surface area (Å²) >= 11 is 9.20. The van der Waals surface area contributed by atoms with Gasteiger partial charge in [0.05, 0.1) is 10.2 Å². The Morgan fingerprint density at radius 2 is 2.27 bits per heavy atom. The van der Waals surface area contributed by atoms with Crippen LogP contribution in [0.15, 0.2) is 22.9 Å². The molecule has 84 valence electrons. The van der Waals surface area contributed by atoms with Gasteiger partial charge in [0.1, 0.15) is 0 Å². The maximum absolute atomic E-state index is 5.75. The summed E-state index contributed by atoms with van der Waals surface area (Å²) in [6.45, 7) is 5.32. The Balaban J connectivity index is 2.53. The number of aromatic nitrogens is 1. The lowest BCUT2D eigenvalue weighted by Gasteiger charge is -2.24. The fourth-order valence-corrected chi connectivity index (χ4v) is 2.10. The monoisotopic (exact) mass is 290 g/mol. The topological polar surface area (TPSA) is 24.9 Å². The Kier molecular flexibility index (Phi) is 4.87. The highest BCUT2D eigenvalue weighted by Gasteiger charge is 2.16. The molecule has 1 N–H and O–H groups in total. The molecule has 0 saturated heterocycles. The number of nitrogens with one attached hydrogen (secondary N) is 1. The van der Waals surface area contributed by atoms with Crippen LogP contribution in [-0.4, -0.2) is 17.4 Å². The van der Waals surface area contributed by atoms with Crippen LogP contribution in [0.2, 0.25) is 0 Å². The zero-order valence-electron chi connectivity index (χ0n) is 9.06. The molecule has 0 aliphatic heterocycles. The van der Waals surface area contributed by atoms with E-state index in [9.17, 15) is 0 Å². The van der Waals surface area contributed by atoms with E-state index in [1.165, 1.54) is 0 Å². The summed E-state index contributed by atoms with van der Waals surface area (Å²) in [4.78, 5) is 4.02. The summed E-state index contributed by atoms with van der Waals surface area (Å²) in [5.74, 6) is 0.701. The van der Waals surface area contributed by atoms with Gasteiger partial charge in [-0.2, -0.15) is 0 Å². The maximum Gasteiger partial charge on any atom is 0.0590 e. The molecule has 0 aromatic carbocycles. The van der Waals surface area contributed by atoms with Crippen molar-refractivity contribution in [3.8, 4) is 0 Å². The second kappa shape index (κ2) is 5.71. The van der Waals surface area contributed by atoms with Crippen LogP contribution in [0.4, 0.5) is 5.69 Å². The molecule has 1 aromatic heterocycles. The highest BCUT2D eigenvalue weighted by atomic mass is 79.9. The van der Waals surface area contributed by atoms with E-state index in [-0.39, 0.29) is 5.41 Å². The van der Waals surface area contributed by atoms with Crippen molar-refractivity contribution in [2.24, 2.45) is 5.41 Å². The highest BCUT2D eigenvalue weighted by Crippen LogP contribution is 2.25. The van der Waals surface area contributed by atoms with Crippen molar-refractivity contribution >= 4 is 33.2 Å². The Labute approximate surface area is 105 Å². The molecule has 0 aliphatic rings. The van der Waals surface area contributed by atoms with Crippen LogP contribution in [0.5, 0.6) is 0 Å². The SMILES string of the molecule is CC(C)(CCCl)CNc1ccncc1Br. The number of halogens is 2. The predicted octanol–water partition coefficient (Wildman–Crippen LogP) is 3.91. The van der Waals surface area contributed by atoms with Crippen LogP contribution in [-0.2, 0) is 0 Å². The lowest BCUT2D eigenvalue weighted by molar-refractivity contribution is 0.379. The average molecular weight is 292 g/mol. The van der Waals surface area contributed by atoms with Crippen molar-refractivity contribution in [3.05, 3.63) is 22.9 Å². The van der Waals surface area contributed by atoms with E-state index >= 15 is 0 Å². The molecule has 2 nitrogen and oxygen atoms in total. The van der Waals surface area contributed by atoms with Crippen molar-refractivity contribution < 1.29 is 0 Å². The first-order valence-electron chi connectivity index (χ1n) is 4.94. The minimum absolute atomic E-state index is 0.213. The Hall–Kier alpha value is -0.280. The van der Waals surface area contributed by atoms with Gasteiger partial charge in [0.15, 0.2) is 0 Å². The van der Waals surface area contributed by atoms with E-state index in [1.807, 2.05) is 6.07 Å². The largest absolute Gasteiger partial charge is 0.384 e. The van der Waals surface area contributed by atoms with Crippen LogP contribution < -0.4 is 5.32 Å². The quantitative estimate of drug-likeness (QED) is 0.832. The highest BCUT2D eigenvalue weighted by molar-refractivity contribution is 9.10. The molecule has 4 heteroatoms.